The topological polar surface area (TPSA) is 9.23 Å². The number of ether oxygens (including phenoxy) is 1. The Balaban J connectivity index is 2.60. The van der Waals surface area contributed by atoms with Gasteiger partial charge in [-0.25, -0.2) is 4.39 Å². The summed E-state index contributed by atoms with van der Waals surface area (Å²) in [7, 11) is 0. The summed E-state index contributed by atoms with van der Waals surface area (Å²) in [4.78, 5) is 0. The van der Waals surface area contributed by atoms with Gasteiger partial charge < -0.3 is 4.74 Å². The summed E-state index contributed by atoms with van der Waals surface area (Å²) < 4.78 is 18.1. The molecule has 11 heavy (non-hydrogen) atoms. The molecule has 0 bridgehead atoms. The minimum atomic E-state index is -0.224. The van der Waals surface area contributed by atoms with Crippen LogP contribution >= 0.6 is 0 Å². The van der Waals surface area contributed by atoms with Crippen molar-refractivity contribution in [2.24, 2.45) is 0 Å². The van der Waals surface area contributed by atoms with Gasteiger partial charge in [0.2, 0.25) is 0 Å². The molecule has 0 aromatic heterocycles. The standard InChI is InChI=1S/C9H7FO/c10-8-4-1-5-9-7(8)3-2-6-11-9/h1-5H,6H2. The molecule has 1 aromatic carbocycles. The van der Waals surface area contributed by atoms with Gasteiger partial charge >= 0.3 is 0 Å². The second-order valence-corrected chi connectivity index (χ2v) is 2.37. The number of rotatable bonds is 0. The number of hydrogen-bond acceptors (Lipinski definition) is 1. The van der Waals surface area contributed by atoms with Gasteiger partial charge in [0.05, 0.1) is 5.56 Å². The van der Waals surface area contributed by atoms with Gasteiger partial charge in [-0.05, 0) is 24.3 Å². The highest BCUT2D eigenvalue weighted by Crippen LogP contribution is 2.25. The average Bonchev–Trinajstić information content (AvgIpc) is 2.06. The smallest absolute Gasteiger partial charge is 0.134 e. The molecule has 1 aliphatic heterocycles. The Morgan fingerprint density at radius 1 is 1.36 bits per heavy atom. The first-order valence-corrected chi connectivity index (χ1v) is 3.46. The first kappa shape index (κ1) is 6.40. The maximum absolute atomic E-state index is 12.9. The van der Waals surface area contributed by atoms with Crippen LogP contribution in [0.4, 0.5) is 4.39 Å². The van der Waals surface area contributed by atoms with Gasteiger partial charge in [0.1, 0.15) is 18.2 Å². The second kappa shape index (κ2) is 2.38. The number of hydrogen-bond donors (Lipinski definition) is 0. The summed E-state index contributed by atoms with van der Waals surface area (Å²) in [6.07, 6.45) is 3.54. The quantitative estimate of drug-likeness (QED) is 0.551. The molecule has 0 amide bonds. The molecule has 0 unspecified atom stereocenters. The predicted molar refractivity (Wildman–Crippen MR) is 40.9 cm³/mol. The maximum Gasteiger partial charge on any atom is 0.134 e. The molecule has 2 rings (SSSR count). The van der Waals surface area contributed by atoms with Crippen LogP contribution in [0.15, 0.2) is 24.3 Å². The van der Waals surface area contributed by atoms with Crippen molar-refractivity contribution in [1.29, 1.82) is 0 Å². The van der Waals surface area contributed by atoms with E-state index in [4.69, 9.17) is 4.74 Å². The molecule has 1 heterocycles. The predicted octanol–water partition coefficient (Wildman–Crippen LogP) is 2.23. The lowest BCUT2D eigenvalue weighted by Crippen LogP contribution is -2.01. The van der Waals surface area contributed by atoms with E-state index in [2.05, 4.69) is 0 Å². The molecular formula is C9H7FO. The second-order valence-electron chi connectivity index (χ2n) is 2.37. The number of fused-ring (bicyclic) bond motifs is 1. The highest BCUT2D eigenvalue weighted by atomic mass is 19.1. The van der Waals surface area contributed by atoms with E-state index in [0.29, 0.717) is 17.9 Å². The van der Waals surface area contributed by atoms with Crippen LogP contribution in [0.5, 0.6) is 5.75 Å². The van der Waals surface area contributed by atoms with Crippen LogP contribution in [-0.2, 0) is 0 Å². The number of benzene rings is 1. The Labute approximate surface area is 64.1 Å². The largest absolute Gasteiger partial charge is 0.489 e. The SMILES string of the molecule is Fc1cccc2c1C=CCO2. The first-order valence-electron chi connectivity index (χ1n) is 3.46. The van der Waals surface area contributed by atoms with Crippen molar-refractivity contribution < 1.29 is 9.13 Å². The minimum Gasteiger partial charge on any atom is -0.489 e. The minimum absolute atomic E-state index is 0.224. The molecular weight excluding hydrogens is 143 g/mol. The van der Waals surface area contributed by atoms with Crippen LogP contribution in [-0.4, -0.2) is 6.61 Å². The molecule has 0 spiro atoms. The molecule has 1 aromatic rings. The molecule has 56 valence electrons. The van der Waals surface area contributed by atoms with Crippen molar-refractivity contribution in [2.45, 2.75) is 0 Å². The molecule has 0 saturated carbocycles. The highest BCUT2D eigenvalue weighted by Gasteiger charge is 2.08. The van der Waals surface area contributed by atoms with Gasteiger partial charge in [0, 0.05) is 0 Å². The Morgan fingerprint density at radius 2 is 2.27 bits per heavy atom. The average molecular weight is 150 g/mol. The molecule has 0 fully saturated rings. The van der Waals surface area contributed by atoms with E-state index in [-0.39, 0.29) is 5.82 Å². The van der Waals surface area contributed by atoms with E-state index >= 15 is 0 Å². The third kappa shape index (κ3) is 1.00. The molecule has 0 radical (unpaired) electrons. The van der Waals surface area contributed by atoms with E-state index in [1.807, 2.05) is 0 Å². The Morgan fingerprint density at radius 3 is 3.09 bits per heavy atom. The molecule has 1 nitrogen and oxygen atoms in total. The molecule has 0 aliphatic carbocycles. The lowest BCUT2D eigenvalue weighted by Gasteiger charge is -2.11. The summed E-state index contributed by atoms with van der Waals surface area (Å²) in [6, 6.07) is 4.84. The van der Waals surface area contributed by atoms with Crippen LogP contribution in [0, 0.1) is 5.82 Å². The fourth-order valence-electron chi connectivity index (χ4n) is 1.11. The van der Waals surface area contributed by atoms with Gasteiger partial charge in [-0.1, -0.05) is 6.07 Å². The summed E-state index contributed by atoms with van der Waals surface area (Å²) in [5.41, 5.74) is 0.554. The number of halogens is 1. The van der Waals surface area contributed by atoms with E-state index in [1.165, 1.54) is 6.07 Å². The molecule has 0 atom stereocenters. The van der Waals surface area contributed by atoms with Crippen LogP contribution in [0.3, 0.4) is 0 Å². The van der Waals surface area contributed by atoms with Gasteiger partial charge in [0.25, 0.3) is 0 Å². The fourth-order valence-corrected chi connectivity index (χ4v) is 1.11. The summed E-state index contributed by atoms with van der Waals surface area (Å²) >= 11 is 0. The fraction of sp³-hybridized carbons (Fsp3) is 0.111. The van der Waals surface area contributed by atoms with E-state index in [1.54, 1.807) is 24.3 Å². The Bertz CT molecular complexity index is 304. The van der Waals surface area contributed by atoms with Crippen molar-refractivity contribution >= 4 is 6.08 Å². The molecule has 0 saturated heterocycles. The van der Waals surface area contributed by atoms with Gasteiger partial charge in [-0.3, -0.25) is 0 Å². The van der Waals surface area contributed by atoms with Gasteiger partial charge in [-0.15, -0.1) is 0 Å². The van der Waals surface area contributed by atoms with Crippen LogP contribution in [0.2, 0.25) is 0 Å². The van der Waals surface area contributed by atoms with E-state index < -0.39 is 0 Å². The first-order chi connectivity index (χ1) is 5.38. The monoisotopic (exact) mass is 150 g/mol. The zero-order chi connectivity index (χ0) is 7.68. The third-order valence-electron chi connectivity index (χ3n) is 1.63. The van der Waals surface area contributed by atoms with Crippen molar-refractivity contribution in [2.75, 3.05) is 6.61 Å². The summed E-state index contributed by atoms with van der Waals surface area (Å²) in [6.45, 7) is 0.538. The molecule has 2 heteroatoms. The van der Waals surface area contributed by atoms with E-state index in [0.717, 1.165) is 0 Å². The van der Waals surface area contributed by atoms with Crippen molar-refractivity contribution in [3.05, 3.63) is 35.7 Å². The maximum atomic E-state index is 12.9. The normalized spacial score (nSPS) is 13.9. The zero-order valence-electron chi connectivity index (χ0n) is 5.88. The lowest BCUT2D eigenvalue weighted by atomic mass is 10.1. The van der Waals surface area contributed by atoms with Crippen molar-refractivity contribution in [3.8, 4) is 5.75 Å². The van der Waals surface area contributed by atoms with Gasteiger partial charge in [-0.2, -0.15) is 0 Å². The molecule has 1 aliphatic rings. The van der Waals surface area contributed by atoms with E-state index in [9.17, 15) is 4.39 Å². The zero-order valence-corrected chi connectivity index (χ0v) is 5.88. The summed E-state index contributed by atoms with van der Waals surface area (Å²) in [5, 5.41) is 0. The highest BCUT2D eigenvalue weighted by molar-refractivity contribution is 5.59. The summed E-state index contributed by atoms with van der Waals surface area (Å²) in [5.74, 6) is 0.408. The molecule has 0 N–H and O–H groups in total. The van der Waals surface area contributed by atoms with Crippen LogP contribution < -0.4 is 4.74 Å². The van der Waals surface area contributed by atoms with Crippen molar-refractivity contribution in [1.82, 2.24) is 0 Å². The third-order valence-corrected chi connectivity index (χ3v) is 1.63. The Hall–Kier alpha value is -1.31. The Kier molecular flexibility index (Phi) is 1.39. The lowest BCUT2D eigenvalue weighted by molar-refractivity contribution is 0.355. The van der Waals surface area contributed by atoms with Crippen molar-refractivity contribution in [3.63, 3.8) is 0 Å². The van der Waals surface area contributed by atoms with Crippen LogP contribution in [0.1, 0.15) is 5.56 Å². The van der Waals surface area contributed by atoms with Gasteiger partial charge in [0.15, 0.2) is 0 Å². The van der Waals surface area contributed by atoms with Crippen LogP contribution in [0.25, 0.3) is 6.08 Å².